The number of halogens is 1. The molecule has 5 nitrogen and oxygen atoms in total. The Kier molecular flexibility index (Phi) is 3.81. The zero-order chi connectivity index (χ0) is 15.7. The number of hydrogen-bond acceptors (Lipinski definition) is 3. The topological polar surface area (TPSA) is 59.8 Å². The highest BCUT2D eigenvalue weighted by molar-refractivity contribution is 6.32. The number of carbonyl (C=O) groups is 1. The number of carbonyl (C=O) groups excluding carboxylic acids is 1. The van der Waals surface area contributed by atoms with Gasteiger partial charge in [-0.2, -0.15) is 5.10 Å². The van der Waals surface area contributed by atoms with Gasteiger partial charge in [-0.25, -0.2) is 9.67 Å². The van der Waals surface area contributed by atoms with Gasteiger partial charge in [-0.1, -0.05) is 18.2 Å². The molecule has 22 heavy (non-hydrogen) atoms. The van der Waals surface area contributed by atoms with E-state index in [2.05, 4.69) is 15.4 Å². The molecule has 0 fully saturated rings. The van der Waals surface area contributed by atoms with E-state index in [1.54, 1.807) is 17.8 Å². The fourth-order valence-corrected chi connectivity index (χ4v) is 2.26. The van der Waals surface area contributed by atoms with Gasteiger partial charge in [0, 0.05) is 5.39 Å². The molecular formula is C16H15ClN4O. The van der Waals surface area contributed by atoms with Gasteiger partial charge in [0.25, 0.3) is 0 Å². The minimum Gasteiger partial charge on any atom is -0.323 e. The summed E-state index contributed by atoms with van der Waals surface area (Å²) in [7, 11) is 0. The number of rotatable bonds is 3. The molecule has 0 saturated heterocycles. The zero-order valence-electron chi connectivity index (χ0n) is 12.2. The van der Waals surface area contributed by atoms with E-state index >= 15 is 0 Å². The third-order valence-electron chi connectivity index (χ3n) is 3.34. The highest BCUT2D eigenvalue weighted by atomic mass is 35.5. The maximum atomic E-state index is 11.7. The molecule has 1 N–H and O–H groups in total. The number of pyridine rings is 1. The first-order valence-electron chi connectivity index (χ1n) is 6.92. The van der Waals surface area contributed by atoms with E-state index in [0.717, 1.165) is 22.4 Å². The zero-order valence-corrected chi connectivity index (χ0v) is 13.0. The summed E-state index contributed by atoms with van der Waals surface area (Å²) < 4.78 is 1.79. The molecule has 0 aliphatic rings. The fourth-order valence-electron chi connectivity index (χ4n) is 2.20. The molecule has 0 radical (unpaired) electrons. The lowest BCUT2D eigenvalue weighted by Crippen LogP contribution is -2.20. The summed E-state index contributed by atoms with van der Waals surface area (Å²) in [5.74, 6) is -0.254. The maximum Gasteiger partial charge on any atom is 0.242 e. The second-order valence-corrected chi connectivity index (χ2v) is 5.69. The van der Waals surface area contributed by atoms with Crippen LogP contribution in [0.4, 0.5) is 5.69 Å². The Morgan fingerprint density at radius 2 is 2.05 bits per heavy atom. The molecule has 1 amide bonds. The van der Waals surface area contributed by atoms with Crippen molar-refractivity contribution in [2.45, 2.75) is 19.2 Å². The first-order valence-corrected chi connectivity index (χ1v) is 7.35. The Hall–Kier alpha value is -2.40. The Morgan fingerprint density at radius 3 is 2.73 bits per heavy atom. The third-order valence-corrected chi connectivity index (χ3v) is 3.53. The Labute approximate surface area is 132 Å². The van der Waals surface area contributed by atoms with Gasteiger partial charge < -0.3 is 5.32 Å². The molecule has 1 atom stereocenters. The van der Waals surface area contributed by atoms with Crippen LogP contribution >= 0.6 is 11.6 Å². The predicted octanol–water partition coefficient (Wildman–Crippen LogP) is 3.29. The summed E-state index contributed by atoms with van der Waals surface area (Å²) in [6.45, 7) is 3.54. The van der Waals surface area contributed by atoms with Crippen LogP contribution in [0.1, 0.15) is 12.6 Å². The number of aryl methyl sites for hydroxylation is 1. The van der Waals surface area contributed by atoms with Crippen LogP contribution in [-0.4, -0.2) is 26.0 Å². The van der Waals surface area contributed by atoms with Crippen LogP contribution in [0.15, 0.2) is 42.6 Å². The number of nitrogens with zero attached hydrogens (tertiary/aromatic N) is 3. The van der Waals surface area contributed by atoms with Crippen LogP contribution in [0.3, 0.4) is 0 Å². The van der Waals surface area contributed by atoms with Gasteiger partial charge >= 0.3 is 0 Å². The number of amides is 1. The lowest BCUT2D eigenvalue weighted by Gasteiger charge is -2.06. The number of hydrogen-bond donors (Lipinski definition) is 1. The summed E-state index contributed by atoms with van der Waals surface area (Å²) >= 11 is 5.76. The quantitative estimate of drug-likeness (QED) is 0.755. The second kappa shape index (κ2) is 5.77. The lowest BCUT2D eigenvalue weighted by atomic mass is 10.2. The molecule has 112 valence electrons. The number of aromatic nitrogens is 3. The average molecular weight is 315 g/mol. The number of anilines is 1. The molecule has 1 aromatic carbocycles. The van der Waals surface area contributed by atoms with Gasteiger partial charge in [0.05, 0.1) is 23.3 Å². The number of fused-ring (bicyclic) bond motifs is 1. The second-order valence-electron chi connectivity index (χ2n) is 5.03. The van der Waals surface area contributed by atoms with Gasteiger partial charge in [0.2, 0.25) is 5.91 Å². The first kappa shape index (κ1) is 14.5. The van der Waals surface area contributed by atoms with Crippen molar-refractivity contribution >= 4 is 34.2 Å². The minimum atomic E-state index is -0.594. The Morgan fingerprint density at radius 1 is 1.32 bits per heavy atom. The number of nitrogens with one attached hydrogen (secondary N) is 1. The summed E-state index contributed by atoms with van der Waals surface area (Å²) in [4.78, 5) is 16.1. The average Bonchev–Trinajstić information content (AvgIpc) is 2.85. The monoisotopic (exact) mass is 314 g/mol. The highest BCUT2D eigenvalue weighted by Gasteiger charge is 2.13. The van der Waals surface area contributed by atoms with Gasteiger partial charge in [-0.05, 0) is 32.0 Å². The normalized spacial score (nSPS) is 12.3. The number of benzene rings is 1. The van der Waals surface area contributed by atoms with Crippen molar-refractivity contribution in [1.82, 2.24) is 14.8 Å². The summed E-state index contributed by atoms with van der Waals surface area (Å²) in [5, 5.41) is 7.57. The van der Waals surface area contributed by atoms with Crippen LogP contribution in [-0.2, 0) is 4.79 Å². The van der Waals surface area contributed by atoms with Crippen LogP contribution in [0.25, 0.3) is 16.7 Å². The van der Waals surface area contributed by atoms with Crippen molar-refractivity contribution in [3.05, 3.63) is 48.3 Å². The Bertz CT molecular complexity index is 827. The molecular weight excluding hydrogens is 300 g/mol. The molecule has 0 bridgehead atoms. The van der Waals surface area contributed by atoms with E-state index in [4.69, 9.17) is 11.6 Å². The van der Waals surface area contributed by atoms with E-state index in [1.807, 2.05) is 43.3 Å². The molecule has 6 heteroatoms. The third kappa shape index (κ3) is 2.67. The fraction of sp³-hybridized carbons (Fsp3) is 0.188. The van der Waals surface area contributed by atoms with E-state index < -0.39 is 5.38 Å². The van der Waals surface area contributed by atoms with Crippen molar-refractivity contribution in [2.75, 3.05) is 5.32 Å². The SMILES string of the molecule is Cc1nn(-c2ccccc2)c2ncc(NC(=O)C(C)Cl)cc12. The van der Waals surface area contributed by atoms with Crippen LogP contribution in [0.5, 0.6) is 0 Å². The molecule has 0 spiro atoms. The molecule has 3 aromatic rings. The summed E-state index contributed by atoms with van der Waals surface area (Å²) in [5.41, 5.74) is 3.15. The smallest absolute Gasteiger partial charge is 0.242 e. The van der Waals surface area contributed by atoms with E-state index in [9.17, 15) is 4.79 Å². The maximum absolute atomic E-state index is 11.7. The van der Waals surface area contributed by atoms with E-state index in [-0.39, 0.29) is 5.91 Å². The molecule has 3 rings (SSSR count). The molecule has 1 unspecified atom stereocenters. The number of alkyl halides is 1. The van der Waals surface area contributed by atoms with Crippen molar-refractivity contribution in [3.8, 4) is 5.69 Å². The van der Waals surface area contributed by atoms with E-state index in [1.165, 1.54) is 0 Å². The standard InChI is InChI=1S/C16H15ClN4O/c1-10(17)16(22)19-12-8-14-11(2)20-21(15(14)18-9-12)13-6-4-3-5-7-13/h3-10H,1-2H3,(H,19,22). The largest absolute Gasteiger partial charge is 0.323 e. The van der Waals surface area contributed by atoms with E-state index in [0.29, 0.717) is 5.69 Å². The summed E-state index contributed by atoms with van der Waals surface area (Å²) in [6.07, 6.45) is 1.61. The predicted molar refractivity (Wildman–Crippen MR) is 87.5 cm³/mol. The van der Waals surface area contributed by atoms with Gasteiger partial charge in [0.15, 0.2) is 5.65 Å². The lowest BCUT2D eigenvalue weighted by molar-refractivity contribution is -0.115. The van der Waals surface area contributed by atoms with Crippen LogP contribution in [0, 0.1) is 6.92 Å². The molecule has 2 aromatic heterocycles. The van der Waals surface area contributed by atoms with Crippen LogP contribution < -0.4 is 5.32 Å². The number of para-hydroxylation sites is 1. The van der Waals surface area contributed by atoms with Gasteiger partial charge in [-0.3, -0.25) is 4.79 Å². The highest BCUT2D eigenvalue weighted by Crippen LogP contribution is 2.23. The minimum absolute atomic E-state index is 0.254. The molecule has 2 heterocycles. The molecule has 0 saturated carbocycles. The van der Waals surface area contributed by atoms with Crippen molar-refractivity contribution < 1.29 is 4.79 Å². The summed E-state index contributed by atoms with van der Waals surface area (Å²) in [6, 6.07) is 11.7. The van der Waals surface area contributed by atoms with Crippen molar-refractivity contribution in [2.24, 2.45) is 0 Å². The van der Waals surface area contributed by atoms with Crippen molar-refractivity contribution in [3.63, 3.8) is 0 Å². The molecule has 0 aliphatic carbocycles. The van der Waals surface area contributed by atoms with Gasteiger partial charge in [-0.15, -0.1) is 11.6 Å². The van der Waals surface area contributed by atoms with Crippen LogP contribution in [0.2, 0.25) is 0 Å². The molecule has 0 aliphatic heterocycles. The van der Waals surface area contributed by atoms with Gasteiger partial charge in [0.1, 0.15) is 5.38 Å². The Balaban J connectivity index is 2.04. The van der Waals surface area contributed by atoms with Crippen molar-refractivity contribution in [1.29, 1.82) is 0 Å². The first-order chi connectivity index (χ1) is 10.6.